The number of ether oxygens (including phenoxy) is 3. The maximum atomic E-state index is 11.0. The van der Waals surface area contributed by atoms with Gasteiger partial charge in [0.05, 0.1) is 0 Å². The van der Waals surface area contributed by atoms with Crippen molar-refractivity contribution in [3.8, 4) is 0 Å². The highest BCUT2D eigenvalue weighted by atomic mass is 16.7. The molecule has 0 aliphatic rings. The fraction of sp³-hybridized carbons (Fsp3) is 0.455. The Morgan fingerprint density at radius 3 is 2.50 bits per heavy atom. The van der Waals surface area contributed by atoms with Crippen molar-refractivity contribution in [3.05, 3.63) is 24.8 Å². The normalized spacial score (nSPS) is 11.1. The molecule has 1 unspecified atom stereocenters. The van der Waals surface area contributed by atoms with Gasteiger partial charge in [-0.2, -0.15) is 0 Å². The highest BCUT2D eigenvalue weighted by Crippen LogP contribution is 1.99. The van der Waals surface area contributed by atoms with E-state index in [1.807, 2.05) is 0 Å². The zero-order chi connectivity index (χ0) is 12.6. The van der Waals surface area contributed by atoms with E-state index in [4.69, 9.17) is 9.47 Å². The number of rotatable bonds is 6. The smallest absolute Gasteiger partial charge is 0.458 e. The molecule has 90 valence electrons. The lowest BCUT2D eigenvalue weighted by Gasteiger charge is -2.12. The van der Waals surface area contributed by atoms with Gasteiger partial charge in [-0.15, -0.1) is 0 Å². The first kappa shape index (κ1) is 14.2. The number of carbonyl (C=O) groups is 2. The molecule has 0 aliphatic heterocycles. The molecule has 0 saturated heterocycles. The van der Waals surface area contributed by atoms with Gasteiger partial charge in [-0.05, 0) is 13.8 Å². The van der Waals surface area contributed by atoms with Crippen LogP contribution in [0.15, 0.2) is 24.8 Å². The van der Waals surface area contributed by atoms with Crippen molar-refractivity contribution >= 4 is 12.1 Å². The molecule has 0 aromatic heterocycles. The molecule has 0 N–H and O–H groups in total. The van der Waals surface area contributed by atoms with Gasteiger partial charge in [0.15, 0.2) is 0 Å². The quantitative estimate of drug-likeness (QED) is 0.394. The van der Waals surface area contributed by atoms with Crippen LogP contribution < -0.4 is 0 Å². The average Bonchev–Trinajstić information content (AvgIpc) is 2.22. The topological polar surface area (TPSA) is 61.8 Å². The third-order valence-electron chi connectivity index (χ3n) is 1.41. The molecule has 1 atom stereocenters. The summed E-state index contributed by atoms with van der Waals surface area (Å²) in [5, 5.41) is 0. The second-order valence-electron chi connectivity index (χ2n) is 3.16. The Hall–Kier alpha value is -1.78. The van der Waals surface area contributed by atoms with Crippen molar-refractivity contribution in [1.82, 2.24) is 0 Å². The Morgan fingerprint density at radius 1 is 1.38 bits per heavy atom. The first-order valence-electron chi connectivity index (χ1n) is 4.74. The van der Waals surface area contributed by atoms with Crippen LogP contribution in [0, 0.1) is 0 Å². The van der Waals surface area contributed by atoms with Crippen LogP contribution in [-0.2, 0) is 19.0 Å². The summed E-state index contributed by atoms with van der Waals surface area (Å²) in [6, 6.07) is 0. The van der Waals surface area contributed by atoms with Gasteiger partial charge in [0, 0.05) is 5.57 Å². The molecule has 0 fully saturated rings. The molecule has 0 amide bonds. The second-order valence-corrected chi connectivity index (χ2v) is 3.16. The zero-order valence-corrected chi connectivity index (χ0v) is 9.52. The Kier molecular flexibility index (Phi) is 6.67. The summed E-state index contributed by atoms with van der Waals surface area (Å²) in [7, 11) is 0. The molecule has 0 spiro atoms. The Morgan fingerprint density at radius 2 is 2.00 bits per heavy atom. The fourth-order valence-electron chi connectivity index (χ4n) is 0.676. The van der Waals surface area contributed by atoms with Crippen LogP contribution in [0.25, 0.3) is 0 Å². The predicted octanol–water partition coefficient (Wildman–Crippen LogP) is 1.83. The third-order valence-corrected chi connectivity index (χ3v) is 1.41. The second kappa shape index (κ2) is 7.50. The monoisotopic (exact) mass is 228 g/mol. The first-order valence-corrected chi connectivity index (χ1v) is 4.74. The summed E-state index contributed by atoms with van der Waals surface area (Å²) in [6.45, 7) is 9.96. The number of esters is 1. The van der Waals surface area contributed by atoms with Crippen molar-refractivity contribution < 1.29 is 23.8 Å². The van der Waals surface area contributed by atoms with Gasteiger partial charge in [-0.1, -0.05) is 19.2 Å². The van der Waals surface area contributed by atoms with E-state index in [0.717, 1.165) is 0 Å². The lowest BCUT2D eigenvalue weighted by atomic mass is 10.3. The molecule has 0 rings (SSSR count). The van der Waals surface area contributed by atoms with Crippen LogP contribution in [0.2, 0.25) is 0 Å². The molecule has 0 bridgehead atoms. The highest BCUT2D eigenvalue weighted by molar-refractivity contribution is 5.86. The van der Waals surface area contributed by atoms with Crippen molar-refractivity contribution in [3.63, 3.8) is 0 Å². The molecule has 0 saturated carbocycles. The number of carbonyl (C=O) groups excluding carboxylic acids is 2. The van der Waals surface area contributed by atoms with Gasteiger partial charge in [0.1, 0.15) is 19.3 Å². The summed E-state index contributed by atoms with van der Waals surface area (Å²) in [6.07, 6.45) is 0.0342. The molecular formula is C11H16O5. The standard InChI is InChI=1S/C11H16O5/c1-5-6-14-11(13)16-9(4)7-15-10(12)8(2)3/h5,9H,1-2,6-7H2,3-4H3. The fourth-order valence-corrected chi connectivity index (χ4v) is 0.676. The van der Waals surface area contributed by atoms with Crippen molar-refractivity contribution in [1.29, 1.82) is 0 Å². The van der Waals surface area contributed by atoms with Crippen LogP contribution in [0.4, 0.5) is 4.79 Å². The van der Waals surface area contributed by atoms with Gasteiger partial charge in [-0.25, -0.2) is 9.59 Å². The Balaban J connectivity index is 3.77. The molecule has 0 aliphatic carbocycles. The van der Waals surface area contributed by atoms with Gasteiger partial charge >= 0.3 is 12.1 Å². The summed E-state index contributed by atoms with van der Waals surface area (Å²) < 4.78 is 14.1. The molecule has 0 heterocycles. The van der Waals surface area contributed by atoms with E-state index < -0.39 is 18.2 Å². The van der Waals surface area contributed by atoms with Gasteiger partial charge < -0.3 is 14.2 Å². The van der Waals surface area contributed by atoms with Crippen LogP contribution >= 0.6 is 0 Å². The van der Waals surface area contributed by atoms with E-state index in [-0.39, 0.29) is 13.2 Å². The van der Waals surface area contributed by atoms with Crippen molar-refractivity contribution in [2.24, 2.45) is 0 Å². The van der Waals surface area contributed by atoms with Crippen molar-refractivity contribution in [2.45, 2.75) is 20.0 Å². The summed E-state index contributed by atoms with van der Waals surface area (Å²) >= 11 is 0. The average molecular weight is 228 g/mol. The van der Waals surface area contributed by atoms with E-state index in [9.17, 15) is 9.59 Å². The van der Waals surface area contributed by atoms with Crippen LogP contribution in [0.3, 0.4) is 0 Å². The summed E-state index contributed by atoms with van der Waals surface area (Å²) in [4.78, 5) is 21.9. The maximum Gasteiger partial charge on any atom is 0.508 e. The number of hydrogen-bond acceptors (Lipinski definition) is 5. The molecule has 5 heteroatoms. The van der Waals surface area contributed by atoms with Gasteiger partial charge in [0.2, 0.25) is 0 Å². The zero-order valence-electron chi connectivity index (χ0n) is 9.52. The molecule has 0 radical (unpaired) electrons. The molecule has 0 aromatic carbocycles. The maximum absolute atomic E-state index is 11.0. The van der Waals surface area contributed by atoms with E-state index in [1.165, 1.54) is 13.0 Å². The molecule has 16 heavy (non-hydrogen) atoms. The third kappa shape index (κ3) is 6.64. The molecule has 5 nitrogen and oxygen atoms in total. The van der Waals surface area contributed by atoms with Crippen molar-refractivity contribution in [2.75, 3.05) is 13.2 Å². The largest absolute Gasteiger partial charge is 0.508 e. The minimum absolute atomic E-state index is 0.0329. The van der Waals surface area contributed by atoms with Crippen LogP contribution in [0.1, 0.15) is 13.8 Å². The van der Waals surface area contributed by atoms with E-state index in [1.54, 1.807) is 6.92 Å². The predicted molar refractivity (Wildman–Crippen MR) is 57.9 cm³/mol. The number of hydrogen-bond donors (Lipinski definition) is 0. The first-order chi connectivity index (χ1) is 7.47. The van der Waals surface area contributed by atoms with Gasteiger partial charge in [0.25, 0.3) is 0 Å². The highest BCUT2D eigenvalue weighted by Gasteiger charge is 2.12. The SMILES string of the molecule is C=CCOC(=O)OC(C)COC(=O)C(=C)C. The van der Waals surface area contributed by atoms with E-state index >= 15 is 0 Å². The molecular weight excluding hydrogens is 212 g/mol. The van der Waals surface area contributed by atoms with E-state index in [2.05, 4.69) is 17.9 Å². The summed E-state index contributed by atoms with van der Waals surface area (Å²) in [5.41, 5.74) is 0.293. The van der Waals surface area contributed by atoms with Crippen LogP contribution in [0.5, 0.6) is 0 Å². The minimum atomic E-state index is -0.821. The summed E-state index contributed by atoms with van der Waals surface area (Å²) in [5.74, 6) is -0.519. The Labute approximate surface area is 94.7 Å². The minimum Gasteiger partial charge on any atom is -0.458 e. The lowest BCUT2D eigenvalue weighted by molar-refractivity contribution is -0.142. The van der Waals surface area contributed by atoms with Gasteiger partial charge in [-0.3, -0.25) is 0 Å². The Bertz CT molecular complexity index is 282. The lowest BCUT2D eigenvalue weighted by Crippen LogP contribution is -2.23. The van der Waals surface area contributed by atoms with Crippen LogP contribution in [-0.4, -0.2) is 31.4 Å². The molecule has 0 aromatic rings. The van der Waals surface area contributed by atoms with E-state index in [0.29, 0.717) is 5.57 Å².